The number of nitrogens with zero attached hydrogens (tertiary/aromatic N) is 4. The van der Waals surface area contributed by atoms with Gasteiger partial charge < -0.3 is 19.3 Å². The molecule has 0 radical (unpaired) electrons. The summed E-state index contributed by atoms with van der Waals surface area (Å²) in [7, 11) is 0. The third-order valence-corrected chi connectivity index (χ3v) is 5.34. The average molecular weight is 374 g/mol. The van der Waals surface area contributed by atoms with E-state index >= 15 is 0 Å². The largest absolute Gasteiger partial charge is 0.480 e. The van der Waals surface area contributed by atoms with Crippen LogP contribution in [0.25, 0.3) is 5.65 Å². The van der Waals surface area contributed by atoms with Crippen molar-refractivity contribution in [2.24, 2.45) is 0 Å². The van der Waals surface area contributed by atoms with Crippen LogP contribution >= 0.6 is 0 Å². The van der Waals surface area contributed by atoms with E-state index in [0.29, 0.717) is 24.4 Å². The summed E-state index contributed by atoms with van der Waals surface area (Å²) in [5, 5.41) is 13.9. The molecule has 27 heavy (non-hydrogen) atoms. The van der Waals surface area contributed by atoms with Gasteiger partial charge in [0.15, 0.2) is 0 Å². The van der Waals surface area contributed by atoms with Gasteiger partial charge >= 0.3 is 5.97 Å². The van der Waals surface area contributed by atoms with Crippen LogP contribution in [0.4, 0.5) is 0 Å². The summed E-state index contributed by atoms with van der Waals surface area (Å²) in [6.45, 7) is 4.77. The van der Waals surface area contributed by atoms with Crippen molar-refractivity contribution in [1.82, 2.24) is 19.1 Å². The highest BCUT2D eigenvalue weighted by Gasteiger charge is 2.36. The van der Waals surface area contributed by atoms with Gasteiger partial charge in [0.25, 0.3) is 11.5 Å². The van der Waals surface area contributed by atoms with Crippen molar-refractivity contribution >= 4 is 17.5 Å². The Bertz CT molecular complexity index is 984. The molecular formula is C18H22N4O5. The number of fused-ring (bicyclic) bond motifs is 2. The number of carbonyl (C=O) groups is 2. The molecule has 1 fully saturated rings. The molecule has 0 bridgehead atoms. The molecule has 4 heterocycles. The topological polar surface area (TPSA) is 106 Å². The van der Waals surface area contributed by atoms with E-state index in [9.17, 15) is 19.5 Å². The third kappa shape index (κ3) is 2.82. The molecule has 1 amide bonds. The maximum atomic E-state index is 13.0. The zero-order valence-electron chi connectivity index (χ0n) is 15.3. The predicted octanol–water partition coefficient (Wildman–Crippen LogP) is 0.839. The third-order valence-electron chi connectivity index (χ3n) is 5.34. The summed E-state index contributed by atoms with van der Waals surface area (Å²) in [6, 6.07) is 1.65. The van der Waals surface area contributed by atoms with Crippen molar-refractivity contribution in [1.29, 1.82) is 0 Å². The van der Waals surface area contributed by atoms with Crippen molar-refractivity contribution in [3.05, 3.63) is 33.4 Å². The van der Waals surface area contributed by atoms with Crippen molar-refractivity contribution in [2.45, 2.75) is 51.7 Å². The standard InChI is InChI=1S/C18H22N4O5/c1-10(2)20-8-12-16(18(20)26)21(9-15(23)24)14-7-13(19-22(14)17(12)25)11-3-5-27-6-4-11/h7,10-11H,3-6,8-9H2,1-2H3,(H,23,24). The van der Waals surface area contributed by atoms with E-state index in [-0.39, 0.29) is 35.7 Å². The van der Waals surface area contributed by atoms with Crippen LogP contribution in [0.2, 0.25) is 0 Å². The van der Waals surface area contributed by atoms with Gasteiger partial charge in [-0.1, -0.05) is 0 Å². The zero-order valence-corrected chi connectivity index (χ0v) is 15.3. The van der Waals surface area contributed by atoms with Gasteiger partial charge in [0.1, 0.15) is 17.9 Å². The SMILES string of the molecule is CC(C)N1Cc2c(n(CC(=O)O)c3cc(C4CCOCC4)nn3c2=O)C1=O. The molecular weight excluding hydrogens is 352 g/mol. The number of hydrogen-bond acceptors (Lipinski definition) is 5. The minimum Gasteiger partial charge on any atom is -0.480 e. The van der Waals surface area contributed by atoms with Gasteiger partial charge in [-0.2, -0.15) is 9.61 Å². The minimum atomic E-state index is -1.08. The first kappa shape index (κ1) is 17.7. The maximum absolute atomic E-state index is 13.0. The zero-order chi connectivity index (χ0) is 19.3. The molecule has 2 aromatic heterocycles. The lowest BCUT2D eigenvalue weighted by molar-refractivity contribution is -0.137. The molecule has 0 atom stereocenters. The maximum Gasteiger partial charge on any atom is 0.323 e. The molecule has 1 N–H and O–H groups in total. The molecule has 1 saturated heterocycles. The molecule has 0 aromatic carbocycles. The number of aromatic nitrogens is 3. The van der Waals surface area contributed by atoms with Gasteiger partial charge in [-0.05, 0) is 26.7 Å². The van der Waals surface area contributed by atoms with Crippen molar-refractivity contribution < 1.29 is 19.4 Å². The van der Waals surface area contributed by atoms with Gasteiger partial charge in [-0.15, -0.1) is 0 Å². The van der Waals surface area contributed by atoms with E-state index < -0.39 is 12.5 Å². The van der Waals surface area contributed by atoms with E-state index in [4.69, 9.17) is 4.74 Å². The fraction of sp³-hybridized carbons (Fsp3) is 0.556. The summed E-state index contributed by atoms with van der Waals surface area (Å²) in [5.41, 5.74) is 1.22. The first-order chi connectivity index (χ1) is 12.9. The molecule has 0 saturated carbocycles. The number of amides is 1. The molecule has 144 valence electrons. The molecule has 0 aliphatic carbocycles. The van der Waals surface area contributed by atoms with Gasteiger partial charge in [0, 0.05) is 31.2 Å². The first-order valence-electron chi connectivity index (χ1n) is 9.14. The summed E-state index contributed by atoms with van der Waals surface area (Å²) in [6.07, 6.45) is 1.60. The van der Waals surface area contributed by atoms with Gasteiger partial charge in [0.2, 0.25) is 0 Å². The van der Waals surface area contributed by atoms with Crippen LogP contribution in [0, 0.1) is 0 Å². The molecule has 2 aliphatic heterocycles. The quantitative estimate of drug-likeness (QED) is 0.850. The van der Waals surface area contributed by atoms with Crippen LogP contribution in [0.3, 0.4) is 0 Å². The molecule has 9 heteroatoms. The first-order valence-corrected chi connectivity index (χ1v) is 9.14. The van der Waals surface area contributed by atoms with E-state index in [0.717, 1.165) is 18.5 Å². The monoisotopic (exact) mass is 374 g/mol. The van der Waals surface area contributed by atoms with Gasteiger partial charge in [-0.25, -0.2) is 0 Å². The normalized spacial score (nSPS) is 17.9. The van der Waals surface area contributed by atoms with Crippen molar-refractivity contribution in [2.75, 3.05) is 13.2 Å². The average Bonchev–Trinajstić information content (AvgIpc) is 3.22. The molecule has 0 spiro atoms. The molecule has 4 rings (SSSR count). The second kappa shape index (κ2) is 6.49. The lowest BCUT2D eigenvalue weighted by Crippen LogP contribution is -2.32. The Balaban J connectivity index is 1.92. The summed E-state index contributed by atoms with van der Waals surface area (Å²) >= 11 is 0. The predicted molar refractivity (Wildman–Crippen MR) is 94.9 cm³/mol. The lowest BCUT2D eigenvalue weighted by atomic mass is 9.97. The number of carboxylic acids is 1. The number of hydrogen-bond donors (Lipinski definition) is 1. The summed E-state index contributed by atoms with van der Waals surface area (Å²) in [5.74, 6) is -1.23. The van der Waals surface area contributed by atoms with Crippen LogP contribution in [0.1, 0.15) is 54.4 Å². The number of carbonyl (C=O) groups excluding carboxylic acids is 1. The number of rotatable bonds is 4. The van der Waals surface area contributed by atoms with Gasteiger partial charge in [-0.3, -0.25) is 14.4 Å². The second-order valence-electron chi connectivity index (χ2n) is 7.36. The second-order valence-corrected chi connectivity index (χ2v) is 7.36. The Labute approximate surface area is 155 Å². The Hall–Kier alpha value is -2.68. The van der Waals surface area contributed by atoms with Crippen molar-refractivity contribution in [3.8, 4) is 0 Å². The Morgan fingerprint density at radius 2 is 2.04 bits per heavy atom. The van der Waals surface area contributed by atoms with E-state index in [1.807, 2.05) is 13.8 Å². The highest BCUT2D eigenvalue weighted by molar-refractivity contribution is 5.97. The van der Waals surface area contributed by atoms with Gasteiger partial charge in [0.05, 0.1) is 17.8 Å². The van der Waals surface area contributed by atoms with E-state index in [1.165, 1.54) is 9.08 Å². The van der Waals surface area contributed by atoms with E-state index in [1.54, 1.807) is 11.0 Å². The molecule has 9 nitrogen and oxygen atoms in total. The smallest absolute Gasteiger partial charge is 0.323 e. The highest BCUT2D eigenvalue weighted by Crippen LogP contribution is 2.28. The highest BCUT2D eigenvalue weighted by atomic mass is 16.5. The Morgan fingerprint density at radius 3 is 2.67 bits per heavy atom. The van der Waals surface area contributed by atoms with E-state index in [2.05, 4.69) is 5.10 Å². The van der Waals surface area contributed by atoms with Crippen LogP contribution in [-0.4, -0.2) is 55.3 Å². The summed E-state index contributed by atoms with van der Waals surface area (Å²) < 4.78 is 8.05. The Kier molecular flexibility index (Phi) is 4.26. The summed E-state index contributed by atoms with van der Waals surface area (Å²) in [4.78, 5) is 38.9. The fourth-order valence-electron chi connectivity index (χ4n) is 3.91. The number of carboxylic acid groups (broad SMARTS) is 1. The van der Waals surface area contributed by atoms with Crippen LogP contribution < -0.4 is 5.56 Å². The van der Waals surface area contributed by atoms with Crippen LogP contribution in [-0.2, 0) is 22.6 Å². The number of ether oxygens (including phenoxy) is 1. The van der Waals surface area contributed by atoms with Crippen LogP contribution in [0.15, 0.2) is 10.9 Å². The minimum absolute atomic E-state index is 0.0901. The molecule has 2 aromatic rings. The molecule has 2 aliphatic rings. The lowest BCUT2D eigenvalue weighted by Gasteiger charge is -2.20. The van der Waals surface area contributed by atoms with Crippen LogP contribution in [0.5, 0.6) is 0 Å². The molecule has 0 unspecified atom stereocenters. The Morgan fingerprint density at radius 1 is 1.33 bits per heavy atom. The fourth-order valence-corrected chi connectivity index (χ4v) is 3.91. The van der Waals surface area contributed by atoms with Crippen molar-refractivity contribution in [3.63, 3.8) is 0 Å². The number of aliphatic carboxylic acids is 1.